The summed E-state index contributed by atoms with van der Waals surface area (Å²) in [5.74, 6) is -0.487. The number of nitrogens with one attached hydrogen (secondary N) is 2. The minimum absolute atomic E-state index is 0.281. The molecule has 6 nitrogen and oxygen atoms in total. The lowest BCUT2D eigenvalue weighted by Gasteiger charge is -2.26. The van der Waals surface area contributed by atoms with Gasteiger partial charge in [0.1, 0.15) is 6.04 Å². The van der Waals surface area contributed by atoms with Crippen LogP contribution in [-0.4, -0.2) is 30.2 Å². The molecular weight excluding hydrogens is 436 g/mol. The highest BCUT2D eigenvalue weighted by Crippen LogP contribution is 2.26. The second-order valence-electron chi connectivity index (χ2n) is 5.36. The molecule has 1 unspecified atom stereocenters. The molecule has 2 aromatic rings. The molecule has 3 amide bonds. The summed E-state index contributed by atoms with van der Waals surface area (Å²) in [6.07, 6.45) is 0. The van der Waals surface area contributed by atoms with Crippen molar-refractivity contribution >= 4 is 69.7 Å². The average molecular weight is 451 g/mol. The number of anilines is 2. The van der Waals surface area contributed by atoms with E-state index in [1.165, 1.54) is 32.2 Å². The summed E-state index contributed by atoms with van der Waals surface area (Å²) in [4.78, 5) is 29.9. The number of hydrogen-bond acceptors (Lipinski definition) is 3. The maximum Gasteiger partial charge on any atom is 0.346 e. The summed E-state index contributed by atoms with van der Waals surface area (Å²) in [6.45, 7) is 1.50. The molecule has 0 bridgehead atoms. The monoisotopic (exact) mass is 449 g/mol. The highest BCUT2D eigenvalue weighted by molar-refractivity contribution is 6.42. The molecule has 10 heteroatoms. The van der Waals surface area contributed by atoms with Crippen molar-refractivity contribution in [3.8, 4) is 0 Å². The Morgan fingerprint density at radius 2 is 1.37 bits per heavy atom. The second-order valence-corrected chi connectivity index (χ2v) is 6.99. The number of nitrogens with zero attached hydrogens (tertiary/aromatic N) is 1. The van der Waals surface area contributed by atoms with Gasteiger partial charge in [0.2, 0.25) is 5.91 Å². The van der Waals surface area contributed by atoms with Crippen molar-refractivity contribution in [3.05, 3.63) is 56.5 Å². The number of amides is 3. The SMILES string of the molecule is CON(C(=O)Nc1ccc(Cl)c(Cl)c1)C(C)C(=O)Nc1ccc(Cl)c(Cl)c1. The predicted molar refractivity (Wildman–Crippen MR) is 109 cm³/mol. The van der Waals surface area contributed by atoms with E-state index in [9.17, 15) is 9.59 Å². The van der Waals surface area contributed by atoms with Gasteiger partial charge in [-0.15, -0.1) is 0 Å². The Hall–Kier alpha value is -1.70. The highest BCUT2D eigenvalue weighted by atomic mass is 35.5. The molecule has 0 aromatic heterocycles. The third-order valence-corrected chi connectivity index (χ3v) is 4.96. The number of carbonyl (C=O) groups is 2. The van der Waals surface area contributed by atoms with E-state index >= 15 is 0 Å². The third kappa shape index (κ3) is 5.64. The number of rotatable bonds is 5. The van der Waals surface area contributed by atoms with Crippen molar-refractivity contribution in [1.29, 1.82) is 0 Å². The molecule has 2 aromatic carbocycles. The van der Waals surface area contributed by atoms with Gasteiger partial charge in [0.15, 0.2) is 0 Å². The first-order chi connectivity index (χ1) is 12.7. The summed E-state index contributed by atoms with van der Waals surface area (Å²) < 4.78 is 0. The fourth-order valence-electron chi connectivity index (χ4n) is 2.10. The van der Waals surface area contributed by atoms with E-state index in [-0.39, 0.29) is 5.02 Å². The molecule has 0 fully saturated rings. The molecule has 0 saturated heterocycles. The molecule has 27 heavy (non-hydrogen) atoms. The quantitative estimate of drug-likeness (QED) is 0.572. The number of halogens is 4. The van der Waals surface area contributed by atoms with Crippen molar-refractivity contribution in [2.75, 3.05) is 17.7 Å². The lowest BCUT2D eigenvalue weighted by Crippen LogP contribution is -2.46. The normalized spacial score (nSPS) is 11.6. The highest BCUT2D eigenvalue weighted by Gasteiger charge is 2.27. The summed E-state index contributed by atoms with van der Waals surface area (Å²) >= 11 is 23.5. The largest absolute Gasteiger partial charge is 0.346 e. The van der Waals surface area contributed by atoms with Crippen LogP contribution in [0.1, 0.15) is 6.92 Å². The first-order valence-corrected chi connectivity index (χ1v) is 9.09. The molecular formula is C17H15Cl4N3O3. The molecule has 0 aliphatic rings. The standard InChI is InChI=1S/C17H15Cl4N3O3/c1-9(16(25)22-10-3-5-12(18)14(20)7-10)24(27-2)17(26)23-11-4-6-13(19)15(21)8-11/h3-9H,1-2H3,(H,22,25)(H,23,26). The fourth-order valence-corrected chi connectivity index (χ4v) is 2.69. The van der Waals surface area contributed by atoms with E-state index in [0.717, 1.165) is 5.06 Å². The molecule has 0 aliphatic carbocycles. The van der Waals surface area contributed by atoms with Gasteiger partial charge in [0.25, 0.3) is 0 Å². The number of hydrogen-bond donors (Lipinski definition) is 2. The Bertz CT molecular complexity index is 863. The van der Waals surface area contributed by atoms with Crippen LogP contribution in [0.5, 0.6) is 0 Å². The van der Waals surface area contributed by atoms with Crippen molar-refractivity contribution in [2.24, 2.45) is 0 Å². The predicted octanol–water partition coefficient (Wildman–Crippen LogP) is 5.72. The van der Waals surface area contributed by atoms with E-state index in [4.69, 9.17) is 51.2 Å². The van der Waals surface area contributed by atoms with E-state index < -0.39 is 18.0 Å². The molecule has 0 spiro atoms. The van der Waals surface area contributed by atoms with Crippen LogP contribution in [0.4, 0.5) is 16.2 Å². The van der Waals surface area contributed by atoms with E-state index in [1.54, 1.807) is 18.2 Å². The second kappa shape index (κ2) is 9.48. The summed E-state index contributed by atoms with van der Waals surface area (Å²) in [7, 11) is 1.28. The molecule has 0 saturated carbocycles. The Morgan fingerprint density at radius 1 is 0.889 bits per heavy atom. The van der Waals surface area contributed by atoms with E-state index in [0.29, 0.717) is 26.4 Å². The van der Waals surface area contributed by atoms with Crippen molar-refractivity contribution in [3.63, 3.8) is 0 Å². The van der Waals surface area contributed by atoms with Crippen LogP contribution >= 0.6 is 46.4 Å². The maximum atomic E-state index is 12.4. The third-order valence-electron chi connectivity index (χ3n) is 3.49. The molecule has 0 radical (unpaired) electrons. The molecule has 144 valence electrons. The first kappa shape index (κ1) is 21.6. The van der Waals surface area contributed by atoms with E-state index in [1.807, 2.05) is 0 Å². The summed E-state index contributed by atoms with van der Waals surface area (Å²) in [5.41, 5.74) is 0.829. The summed E-state index contributed by atoms with van der Waals surface area (Å²) in [5, 5.41) is 7.39. The molecule has 2 N–H and O–H groups in total. The van der Waals surface area contributed by atoms with Gasteiger partial charge in [-0.25, -0.2) is 4.79 Å². The van der Waals surface area contributed by atoms with Crippen LogP contribution in [0.15, 0.2) is 36.4 Å². The zero-order valence-electron chi connectivity index (χ0n) is 14.2. The van der Waals surface area contributed by atoms with Gasteiger partial charge in [-0.3, -0.25) is 9.63 Å². The number of carbonyl (C=O) groups excluding carboxylic acids is 2. The van der Waals surface area contributed by atoms with Crippen LogP contribution in [0.25, 0.3) is 0 Å². The number of benzene rings is 2. The van der Waals surface area contributed by atoms with Crippen LogP contribution in [-0.2, 0) is 9.63 Å². The minimum atomic E-state index is -0.952. The van der Waals surface area contributed by atoms with E-state index in [2.05, 4.69) is 10.6 Å². The van der Waals surface area contributed by atoms with Crippen molar-refractivity contribution in [1.82, 2.24) is 5.06 Å². The van der Waals surface area contributed by atoms with Gasteiger partial charge in [0.05, 0.1) is 27.2 Å². The fraction of sp³-hybridized carbons (Fsp3) is 0.176. The summed E-state index contributed by atoms with van der Waals surface area (Å²) in [6, 6.07) is 7.62. The molecule has 1 atom stereocenters. The zero-order valence-corrected chi connectivity index (χ0v) is 17.2. The topological polar surface area (TPSA) is 70.7 Å². The van der Waals surface area contributed by atoms with Gasteiger partial charge in [0, 0.05) is 11.4 Å². The average Bonchev–Trinajstić information content (AvgIpc) is 2.61. The Balaban J connectivity index is 2.07. The Kier molecular flexibility index (Phi) is 7.59. The van der Waals surface area contributed by atoms with Gasteiger partial charge < -0.3 is 10.6 Å². The molecule has 0 heterocycles. The Labute approximate surface area is 176 Å². The van der Waals surface area contributed by atoms with Crippen molar-refractivity contribution < 1.29 is 14.4 Å². The van der Waals surface area contributed by atoms with Gasteiger partial charge in [-0.05, 0) is 43.3 Å². The number of hydroxylamine groups is 2. The maximum absolute atomic E-state index is 12.4. The van der Waals surface area contributed by atoms with Crippen LogP contribution in [0.3, 0.4) is 0 Å². The van der Waals surface area contributed by atoms with Gasteiger partial charge >= 0.3 is 6.03 Å². The number of urea groups is 1. The van der Waals surface area contributed by atoms with Crippen LogP contribution < -0.4 is 10.6 Å². The van der Waals surface area contributed by atoms with Gasteiger partial charge in [-0.2, -0.15) is 5.06 Å². The first-order valence-electron chi connectivity index (χ1n) is 7.58. The minimum Gasteiger partial charge on any atom is -0.324 e. The van der Waals surface area contributed by atoms with Crippen LogP contribution in [0, 0.1) is 0 Å². The lowest BCUT2D eigenvalue weighted by molar-refractivity contribution is -0.141. The smallest absolute Gasteiger partial charge is 0.324 e. The molecule has 0 aliphatic heterocycles. The van der Waals surface area contributed by atoms with Crippen LogP contribution in [0.2, 0.25) is 20.1 Å². The van der Waals surface area contributed by atoms with Gasteiger partial charge in [-0.1, -0.05) is 46.4 Å². The molecule has 2 rings (SSSR count). The lowest BCUT2D eigenvalue weighted by atomic mass is 10.2. The van der Waals surface area contributed by atoms with Crippen molar-refractivity contribution in [2.45, 2.75) is 13.0 Å². The zero-order chi connectivity index (χ0) is 20.1. The Morgan fingerprint density at radius 3 is 1.81 bits per heavy atom.